The summed E-state index contributed by atoms with van der Waals surface area (Å²) in [5.41, 5.74) is 1.82. The molecule has 0 aliphatic carbocycles. The van der Waals surface area contributed by atoms with Crippen molar-refractivity contribution in [3.63, 3.8) is 0 Å². The van der Waals surface area contributed by atoms with Crippen LogP contribution >= 0.6 is 11.8 Å². The smallest absolute Gasteiger partial charge is 0.382 e. The van der Waals surface area contributed by atoms with Crippen LogP contribution in [-0.4, -0.2) is 29.6 Å². The van der Waals surface area contributed by atoms with Gasteiger partial charge in [0.15, 0.2) is 0 Å². The van der Waals surface area contributed by atoms with Gasteiger partial charge in [-0.1, -0.05) is 25.3 Å². The molecule has 0 amide bonds. The van der Waals surface area contributed by atoms with Crippen molar-refractivity contribution in [3.05, 3.63) is 54.0 Å². The quantitative estimate of drug-likeness (QED) is 0.205. The number of halogens is 4. The van der Waals surface area contributed by atoms with Gasteiger partial charge in [-0.2, -0.15) is 13.2 Å². The summed E-state index contributed by atoms with van der Waals surface area (Å²) >= 11 is 1.44. The number of hydrogen-bond acceptors (Lipinski definition) is 3. The molecule has 1 aromatic heterocycles. The van der Waals surface area contributed by atoms with Gasteiger partial charge in [0.25, 0.3) is 0 Å². The molecule has 1 unspecified atom stereocenters. The van der Waals surface area contributed by atoms with E-state index in [4.69, 9.17) is 0 Å². The highest BCUT2D eigenvalue weighted by molar-refractivity contribution is 7.98. The summed E-state index contributed by atoms with van der Waals surface area (Å²) in [6, 6.07) is 12.0. The summed E-state index contributed by atoms with van der Waals surface area (Å²) in [5.74, 6) is 5.27. The number of benzene rings is 2. The largest absolute Gasteiger partial charge is 0.406 e. The van der Waals surface area contributed by atoms with E-state index in [-0.39, 0.29) is 18.3 Å². The number of rotatable bonds is 8. The Labute approximate surface area is 195 Å². The molecule has 33 heavy (non-hydrogen) atoms. The zero-order valence-electron chi connectivity index (χ0n) is 18.8. The maximum Gasteiger partial charge on any atom is 0.406 e. The van der Waals surface area contributed by atoms with E-state index in [0.29, 0.717) is 16.6 Å². The molecule has 0 saturated heterocycles. The minimum absolute atomic E-state index is 0.0989. The van der Waals surface area contributed by atoms with Crippen LogP contribution < -0.4 is 10.6 Å². The molecular formula is C25H27F4N3S. The molecule has 0 radical (unpaired) electrons. The molecule has 1 atom stereocenters. The molecule has 2 aromatic carbocycles. The van der Waals surface area contributed by atoms with E-state index < -0.39 is 18.5 Å². The van der Waals surface area contributed by atoms with E-state index in [1.165, 1.54) is 22.4 Å². The normalized spacial score (nSPS) is 12.3. The van der Waals surface area contributed by atoms with Gasteiger partial charge in [0.1, 0.15) is 12.4 Å². The van der Waals surface area contributed by atoms with Gasteiger partial charge in [0.05, 0.1) is 23.4 Å². The zero-order valence-corrected chi connectivity index (χ0v) is 19.6. The first-order chi connectivity index (χ1) is 15.7. The predicted molar refractivity (Wildman–Crippen MR) is 130 cm³/mol. The lowest BCUT2D eigenvalue weighted by atomic mass is 10.1. The summed E-state index contributed by atoms with van der Waals surface area (Å²) in [5, 5.41) is 6.98. The van der Waals surface area contributed by atoms with E-state index >= 15 is 0 Å². The SMILES string of the molecule is CCCC(C)Nc1cccc2c1cc(C#CCNc1ccc(SC)cc1F)n2CC(F)(F)F. The number of anilines is 2. The number of thioether (sulfide) groups is 1. The van der Waals surface area contributed by atoms with Crippen LogP contribution in [0, 0.1) is 17.7 Å². The van der Waals surface area contributed by atoms with Crippen molar-refractivity contribution < 1.29 is 17.6 Å². The average Bonchev–Trinajstić information content (AvgIpc) is 3.09. The van der Waals surface area contributed by atoms with Crippen molar-refractivity contribution in [2.24, 2.45) is 0 Å². The fraction of sp³-hybridized carbons (Fsp3) is 0.360. The van der Waals surface area contributed by atoms with Crippen molar-refractivity contribution in [1.29, 1.82) is 0 Å². The number of fused-ring (bicyclic) bond motifs is 1. The average molecular weight is 478 g/mol. The zero-order chi connectivity index (χ0) is 24.0. The first kappa shape index (κ1) is 24.8. The van der Waals surface area contributed by atoms with E-state index in [0.717, 1.165) is 23.4 Å². The van der Waals surface area contributed by atoms with Crippen molar-refractivity contribution in [2.45, 2.75) is 50.3 Å². The monoisotopic (exact) mass is 477 g/mol. The second-order valence-corrected chi connectivity index (χ2v) is 8.68. The van der Waals surface area contributed by atoms with E-state index in [2.05, 4.69) is 29.4 Å². The van der Waals surface area contributed by atoms with Crippen LogP contribution in [0.1, 0.15) is 32.4 Å². The molecule has 0 aliphatic heterocycles. The maximum atomic E-state index is 14.1. The van der Waals surface area contributed by atoms with Crippen molar-refractivity contribution in [3.8, 4) is 11.8 Å². The molecule has 3 rings (SSSR count). The lowest BCUT2D eigenvalue weighted by molar-refractivity contribution is -0.140. The Kier molecular flexibility index (Phi) is 8.20. The number of alkyl halides is 3. The lowest BCUT2D eigenvalue weighted by Crippen LogP contribution is -2.18. The standard InChI is InChI=1S/C25H27F4N3S/c1-4-7-17(2)31-22-9-5-10-24-20(22)14-18(32(24)16-25(27,28)29)8-6-13-30-23-12-11-19(33-3)15-21(23)26/h5,9-12,14-15,17,30-31H,4,7,13,16H2,1-3H3. The van der Waals surface area contributed by atoms with Crippen LogP contribution in [0.15, 0.2) is 47.4 Å². The van der Waals surface area contributed by atoms with Gasteiger partial charge in [-0.05, 0) is 61.9 Å². The Bertz CT molecular complexity index is 1160. The molecule has 0 spiro atoms. The van der Waals surface area contributed by atoms with Gasteiger partial charge < -0.3 is 15.2 Å². The van der Waals surface area contributed by atoms with E-state index in [1.54, 1.807) is 30.3 Å². The van der Waals surface area contributed by atoms with Crippen molar-refractivity contribution in [2.75, 3.05) is 23.4 Å². The number of aromatic nitrogens is 1. The lowest BCUT2D eigenvalue weighted by Gasteiger charge is -2.16. The molecule has 3 aromatic rings. The summed E-state index contributed by atoms with van der Waals surface area (Å²) in [4.78, 5) is 0.804. The third kappa shape index (κ3) is 6.61. The van der Waals surface area contributed by atoms with Gasteiger partial charge >= 0.3 is 6.18 Å². The summed E-state index contributed by atoms with van der Waals surface area (Å²) in [6.07, 6.45) is -0.573. The number of nitrogens with zero attached hydrogens (tertiary/aromatic N) is 1. The summed E-state index contributed by atoms with van der Waals surface area (Å²) in [6.45, 7) is 3.10. The molecular weight excluding hydrogens is 450 g/mol. The maximum absolute atomic E-state index is 14.1. The minimum atomic E-state index is -4.39. The highest BCUT2D eigenvalue weighted by Gasteiger charge is 2.30. The first-order valence-corrected chi connectivity index (χ1v) is 12.0. The third-order valence-electron chi connectivity index (χ3n) is 5.17. The van der Waals surface area contributed by atoms with E-state index in [1.807, 2.05) is 19.2 Å². The highest BCUT2D eigenvalue weighted by atomic mass is 32.2. The molecule has 176 valence electrons. The Morgan fingerprint density at radius 1 is 1.12 bits per heavy atom. The highest BCUT2D eigenvalue weighted by Crippen LogP contribution is 2.30. The van der Waals surface area contributed by atoms with Gasteiger partial charge in [-0.15, -0.1) is 11.8 Å². The third-order valence-corrected chi connectivity index (χ3v) is 5.89. The second kappa shape index (κ2) is 10.9. The van der Waals surface area contributed by atoms with Gasteiger partial charge in [0.2, 0.25) is 0 Å². The van der Waals surface area contributed by atoms with Crippen LogP contribution in [0.2, 0.25) is 0 Å². The van der Waals surface area contributed by atoms with Gasteiger partial charge in [-0.25, -0.2) is 4.39 Å². The molecule has 0 bridgehead atoms. The molecule has 3 nitrogen and oxygen atoms in total. The molecule has 0 saturated carbocycles. The number of hydrogen-bond donors (Lipinski definition) is 2. The van der Waals surface area contributed by atoms with E-state index in [9.17, 15) is 17.6 Å². The first-order valence-electron chi connectivity index (χ1n) is 10.7. The van der Waals surface area contributed by atoms with Crippen LogP contribution in [0.5, 0.6) is 0 Å². The van der Waals surface area contributed by atoms with Crippen LogP contribution in [-0.2, 0) is 6.54 Å². The topological polar surface area (TPSA) is 29.0 Å². The summed E-state index contributed by atoms with van der Waals surface area (Å²) in [7, 11) is 0. The Balaban J connectivity index is 1.89. The van der Waals surface area contributed by atoms with Gasteiger partial charge in [-0.3, -0.25) is 0 Å². The van der Waals surface area contributed by atoms with Crippen LogP contribution in [0.3, 0.4) is 0 Å². The summed E-state index contributed by atoms with van der Waals surface area (Å²) < 4.78 is 55.2. The second-order valence-electron chi connectivity index (χ2n) is 7.80. The minimum Gasteiger partial charge on any atom is -0.382 e. The Hall–Kier alpha value is -2.79. The molecule has 8 heteroatoms. The predicted octanol–water partition coefficient (Wildman–Crippen LogP) is 7.13. The Morgan fingerprint density at radius 2 is 1.91 bits per heavy atom. The van der Waals surface area contributed by atoms with Gasteiger partial charge in [0, 0.05) is 22.0 Å². The molecule has 0 fully saturated rings. The van der Waals surface area contributed by atoms with Crippen molar-refractivity contribution >= 4 is 34.0 Å². The fourth-order valence-electron chi connectivity index (χ4n) is 3.67. The fourth-order valence-corrected chi connectivity index (χ4v) is 4.10. The Morgan fingerprint density at radius 3 is 2.58 bits per heavy atom. The molecule has 1 heterocycles. The van der Waals surface area contributed by atoms with Crippen LogP contribution in [0.4, 0.5) is 28.9 Å². The van der Waals surface area contributed by atoms with Crippen LogP contribution in [0.25, 0.3) is 10.9 Å². The number of nitrogens with one attached hydrogen (secondary N) is 2. The van der Waals surface area contributed by atoms with Crippen molar-refractivity contribution in [1.82, 2.24) is 4.57 Å². The molecule has 0 aliphatic rings. The molecule has 2 N–H and O–H groups in total.